The molecule has 0 saturated carbocycles. The van der Waals surface area contributed by atoms with Crippen LogP contribution in [0.15, 0.2) is 0 Å². The van der Waals surface area contributed by atoms with Gasteiger partial charge in [-0.3, -0.25) is 0 Å². The zero-order chi connectivity index (χ0) is 14.1. The molecular formula is C9H22NO6P. The monoisotopic (exact) mass is 271 g/mol. The lowest BCUT2D eigenvalue weighted by atomic mass is 9.80. The molecule has 8 heteroatoms. The van der Waals surface area contributed by atoms with Gasteiger partial charge in [0, 0.05) is 11.1 Å². The quantitative estimate of drug-likeness (QED) is 0.406. The van der Waals surface area contributed by atoms with Crippen molar-refractivity contribution in [3.8, 4) is 0 Å². The van der Waals surface area contributed by atoms with Gasteiger partial charge in [0.05, 0.1) is 6.10 Å². The van der Waals surface area contributed by atoms with Crippen LogP contribution in [0.5, 0.6) is 0 Å². The summed E-state index contributed by atoms with van der Waals surface area (Å²) in [6.45, 7) is 7.77. The molecule has 1 fully saturated rings. The lowest BCUT2D eigenvalue weighted by molar-refractivity contribution is -0.257. The van der Waals surface area contributed by atoms with Crippen molar-refractivity contribution in [1.29, 1.82) is 0 Å². The van der Waals surface area contributed by atoms with E-state index in [2.05, 4.69) is 0 Å². The highest BCUT2D eigenvalue weighted by Gasteiger charge is 2.44. The molecule has 104 valence electrons. The Hall–Kier alpha value is -0.0100. The van der Waals surface area contributed by atoms with E-state index in [1.165, 1.54) is 5.06 Å². The fourth-order valence-corrected chi connectivity index (χ4v) is 2.22. The molecule has 0 unspecified atom stereocenters. The van der Waals surface area contributed by atoms with Gasteiger partial charge in [-0.05, 0) is 40.5 Å². The smallest absolute Gasteiger partial charge is 0.393 e. The van der Waals surface area contributed by atoms with Crippen LogP contribution in [0.3, 0.4) is 0 Å². The molecule has 1 aliphatic rings. The van der Waals surface area contributed by atoms with E-state index in [9.17, 15) is 10.3 Å². The van der Waals surface area contributed by atoms with Gasteiger partial charge in [0.25, 0.3) is 0 Å². The summed E-state index contributed by atoms with van der Waals surface area (Å²) in [5, 5.41) is 20.7. The van der Waals surface area contributed by atoms with Crippen molar-refractivity contribution in [3.05, 3.63) is 0 Å². The van der Waals surface area contributed by atoms with Gasteiger partial charge >= 0.3 is 7.82 Å². The molecule has 0 aromatic carbocycles. The van der Waals surface area contributed by atoms with Crippen LogP contribution in [0.4, 0.5) is 0 Å². The summed E-state index contributed by atoms with van der Waals surface area (Å²) in [4.78, 5) is 21.6. The SMILES string of the molecule is CC1(C)CC(O)CC(C)(C)N1O.O=P(O)(O)O. The van der Waals surface area contributed by atoms with E-state index in [1.54, 1.807) is 0 Å². The maximum absolute atomic E-state index is 9.80. The molecule has 1 rings (SSSR count). The Morgan fingerprint density at radius 3 is 1.53 bits per heavy atom. The van der Waals surface area contributed by atoms with Crippen molar-refractivity contribution in [2.45, 2.75) is 57.7 Å². The van der Waals surface area contributed by atoms with E-state index in [0.29, 0.717) is 12.8 Å². The molecule has 0 bridgehead atoms. The topological polar surface area (TPSA) is 121 Å². The van der Waals surface area contributed by atoms with Crippen molar-refractivity contribution < 1.29 is 29.6 Å². The lowest BCUT2D eigenvalue weighted by Crippen LogP contribution is -2.60. The second kappa shape index (κ2) is 5.32. The Kier molecular flexibility index (Phi) is 5.32. The summed E-state index contributed by atoms with van der Waals surface area (Å²) >= 11 is 0. The fourth-order valence-electron chi connectivity index (χ4n) is 2.22. The van der Waals surface area contributed by atoms with E-state index in [1.807, 2.05) is 27.7 Å². The van der Waals surface area contributed by atoms with Crippen LogP contribution < -0.4 is 0 Å². The molecule has 1 saturated heterocycles. The summed E-state index contributed by atoms with van der Waals surface area (Å²) in [6, 6.07) is 0. The highest BCUT2D eigenvalue weighted by molar-refractivity contribution is 7.45. The van der Waals surface area contributed by atoms with E-state index < -0.39 is 7.82 Å². The van der Waals surface area contributed by atoms with Gasteiger partial charge in [0.2, 0.25) is 0 Å². The minimum absolute atomic E-state index is 0.293. The van der Waals surface area contributed by atoms with Crippen molar-refractivity contribution in [2.75, 3.05) is 0 Å². The standard InChI is InChI=1S/C9H19NO2.H3O4P/c1-8(2)5-7(11)6-9(3,4)10(8)12;1-5(2,3)4/h7,11-12H,5-6H2,1-4H3;(H3,1,2,3,4). The average Bonchev–Trinajstić information content (AvgIpc) is 1.94. The van der Waals surface area contributed by atoms with Gasteiger partial charge in [0.15, 0.2) is 0 Å². The molecule has 0 aromatic heterocycles. The van der Waals surface area contributed by atoms with E-state index >= 15 is 0 Å². The van der Waals surface area contributed by atoms with Crippen LogP contribution in [-0.4, -0.2) is 47.2 Å². The number of aliphatic hydroxyl groups excluding tert-OH is 1. The number of nitrogens with zero attached hydrogens (tertiary/aromatic N) is 1. The van der Waals surface area contributed by atoms with Crippen LogP contribution in [0.2, 0.25) is 0 Å². The molecule has 5 N–H and O–H groups in total. The van der Waals surface area contributed by atoms with Crippen LogP contribution in [-0.2, 0) is 4.57 Å². The third-order valence-corrected chi connectivity index (χ3v) is 2.62. The molecule has 0 atom stereocenters. The Morgan fingerprint density at radius 2 is 1.29 bits per heavy atom. The van der Waals surface area contributed by atoms with Crippen LogP contribution in [0, 0.1) is 0 Å². The second-order valence-electron chi connectivity index (χ2n) is 5.51. The maximum Gasteiger partial charge on any atom is 0.466 e. The molecule has 0 aromatic rings. The van der Waals surface area contributed by atoms with Gasteiger partial charge in [-0.15, -0.1) is 0 Å². The van der Waals surface area contributed by atoms with Crippen molar-refractivity contribution in [3.63, 3.8) is 0 Å². The predicted molar refractivity (Wildman–Crippen MR) is 61.3 cm³/mol. The third-order valence-electron chi connectivity index (χ3n) is 2.62. The number of aliphatic hydroxyl groups is 1. The molecule has 0 aliphatic carbocycles. The van der Waals surface area contributed by atoms with Crippen LogP contribution >= 0.6 is 7.82 Å². The minimum Gasteiger partial charge on any atom is -0.393 e. The highest BCUT2D eigenvalue weighted by atomic mass is 31.2. The summed E-state index contributed by atoms with van der Waals surface area (Å²) in [5.41, 5.74) is -0.637. The first kappa shape index (κ1) is 17.0. The molecule has 0 radical (unpaired) electrons. The zero-order valence-corrected chi connectivity index (χ0v) is 11.4. The van der Waals surface area contributed by atoms with Crippen molar-refractivity contribution in [2.24, 2.45) is 0 Å². The summed E-state index contributed by atoms with van der Waals surface area (Å²) in [7, 11) is -4.64. The first-order valence-corrected chi connectivity index (χ1v) is 6.78. The van der Waals surface area contributed by atoms with Gasteiger partial charge in [-0.25, -0.2) is 4.57 Å². The summed E-state index contributed by atoms with van der Waals surface area (Å²) in [6.07, 6.45) is 0.971. The molecule has 0 spiro atoms. The largest absolute Gasteiger partial charge is 0.466 e. The number of piperidine rings is 1. The maximum atomic E-state index is 9.80. The first-order valence-electron chi connectivity index (χ1n) is 5.21. The third kappa shape index (κ3) is 6.47. The number of hydroxylamine groups is 2. The first-order chi connectivity index (χ1) is 7.26. The number of hydrogen-bond acceptors (Lipinski definition) is 4. The van der Waals surface area contributed by atoms with Crippen molar-refractivity contribution in [1.82, 2.24) is 5.06 Å². The highest BCUT2D eigenvalue weighted by Crippen LogP contribution is 2.36. The van der Waals surface area contributed by atoms with Crippen LogP contribution in [0.25, 0.3) is 0 Å². The Morgan fingerprint density at radius 1 is 1.06 bits per heavy atom. The molecule has 7 nitrogen and oxygen atoms in total. The normalized spacial score (nSPS) is 25.0. The predicted octanol–water partition coefficient (Wildman–Crippen LogP) is 0.461. The number of phosphoric acid groups is 1. The van der Waals surface area contributed by atoms with Crippen molar-refractivity contribution >= 4 is 7.82 Å². The summed E-state index contributed by atoms with van der Waals surface area (Å²) in [5.74, 6) is 0. The molecular weight excluding hydrogens is 249 g/mol. The molecule has 17 heavy (non-hydrogen) atoms. The van der Waals surface area contributed by atoms with E-state index in [4.69, 9.17) is 19.2 Å². The molecule has 1 heterocycles. The summed E-state index contributed by atoms with van der Waals surface area (Å²) < 4.78 is 8.88. The fraction of sp³-hybridized carbons (Fsp3) is 1.00. The zero-order valence-electron chi connectivity index (χ0n) is 10.5. The van der Waals surface area contributed by atoms with Gasteiger partial charge in [0.1, 0.15) is 0 Å². The molecule has 1 aliphatic heterocycles. The van der Waals surface area contributed by atoms with Gasteiger partial charge in [-0.2, -0.15) is 5.06 Å². The number of rotatable bonds is 0. The van der Waals surface area contributed by atoms with Gasteiger partial charge < -0.3 is 25.0 Å². The van der Waals surface area contributed by atoms with Gasteiger partial charge in [-0.1, -0.05) is 0 Å². The average molecular weight is 271 g/mol. The Bertz CT molecular complexity index is 274. The Labute approximate surface area is 101 Å². The number of hydrogen-bond donors (Lipinski definition) is 5. The minimum atomic E-state index is -4.64. The molecule has 0 amide bonds. The van der Waals surface area contributed by atoms with E-state index in [-0.39, 0.29) is 17.2 Å². The second-order valence-corrected chi connectivity index (χ2v) is 6.54. The Balaban J connectivity index is 0.000000437. The van der Waals surface area contributed by atoms with Crippen LogP contribution in [0.1, 0.15) is 40.5 Å². The lowest BCUT2D eigenvalue weighted by Gasteiger charge is -2.50. The van der Waals surface area contributed by atoms with E-state index in [0.717, 1.165) is 0 Å².